The van der Waals surface area contributed by atoms with Crippen molar-refractivity contribution in [1.82, 2.24) is 0 Å². The smallest absolute Gasteiger partial charge is 0.170 e. The fourth-order valence-corrected chi connectivity index (χ4v) is 2.93. The third kappa shape index (κ3) is 3.68. The molecule has 1 N–H and O–H groups in total. The van der Waals surface area contributed by atoms with Crippen LogP contribution in [0.15, 0.2) is 48.0 Å². The number of benzene rings is 2. The first-order valence-corrected chi connectivity index (χ1v) is 8.31. The molecule has 1 unspecified atom stereocenters. The molecule has 1 heterocycles. The summed E-state index contributed by atoms with van der Waals surface area (Å²) in [6.45, 7) is 4.09. The number of ether oxygens (including phenoxy) is 2. The second-order valence-corrected chi connectivity index (χ2v) is 6.47. The summed E-state index contributed by atoms with van der Waals surface area (Å²) in [5.41, 5.74) is 3.66. The minimum atomic E-state index is -0.353. The summed E-state index contributed by atoms with van der Waals surface area (Å²) in [5, 5.41) is 9.42. The van der Waals surface area contributed by atoms with E-state index in [1.54, 1.807) is 37.4 Å². The second-order valence-electron chi connectivity index (χ2n) is 6.47. The highest BCUT2D eigenvalue weighted by Crippen LogP contribution is 2.39. The van der Waals surface area contributed by atoms with Gasteiger partial charge in [0.2, 0.25) is 0 Å². The molecular weight excluding hydrogens is 316 g/mol. The molecule has 2 aromatic rings. The number of phenolic OH excluding ortho intramolecular Hbond substituents is 1. The van der Waals surface area contributed by atoms with Crippen molar-refractivity contribution >= 4 is 5.78 Å². The van der Waals surface area contributed by atoms with Gasteiger partial charge in [-0.15, -0.1) is 0 Å². The molecule has 25 heavy (non-hydrogen) atoms. The fraction of sp³-hybridized carbons (Fsp3) is 0.286. The van der Waals surface area contributed by atoms with Crippen LogP contribution in [0.1, 0.15) is 47.9 Å². The van der Waals surface area contributed by atoms with E-state index in [-0.39, 0.29) is 24.1 Å². The maximum Gasteiger partial charge on any atom is 0.170 e. The molecule has 0 saturated carbocycles. The van der Waals surface area contributed by atoms with Gasteiger partial charge >= 0.3 is 0 Å². The normalized spacial score (nSPS) is 16.0. The zero-order valence-corrected chi connectivity index (χ0v) is 14.7. The summed E-state index contributed by atoms with van der Waals surface area (Å²) >= 11 is 0. The molecule has 1 aliphatic rings. The zero-order valence-electron chi connectivity index (χ0n) is 14.7. The first kappa shape index (κ1) is 17.1. The molecule has 0 spiro atoms. The Balaban J connectivity index is 1.94. The van der Waals surface area contributed by atoms with Gasteiger partial charge in [0.05, 0.1) is 19.1 Å². The first-order chi connectivity index (χ1) is 12.0. The van der Waals surface area contributed by atoms with Crippen LogP contribution < -0.4 is 9.47 Å². The molecular formula is C21H22O4. The Morgan fingerprint density at radius 1 is 1.28 bits per heavy atom. The van der Waals surface area contributed by atoms with Crippen LogP contribution >= 0.6 is 0 Å². The number of Topliss-reactive ketones (excluding diaryl/α,β-unsaturated/α-hetero) is 1. The van der Waals surface area contributed by atoms with Crippen molar-refractivity contribution in [3.63, 3.8) is 0 Å². The molecule has 4 nitrogen and oxygen atoms in total. The molecule has 0 fully saturated rings. The van der Waals surface area contributed by atoms with Gasteiger partial charge in [0.1, 0.15) is 23.4 Å². The van der Waals surface area contributed by atoms with E-state index in [0.29, 0.717) is 17.7 Å². The van der Waals surface area contributed by atoms with Gasteiger partial charge in [-0.05, 0) is 49.6 Å². The van der Waals surface area contributed by atoms with Gasteiger partial charge in [-0.2, -0.15) is 0 Å². The molecule has 130 valence electrons. The van der Waals surface area contributed by atoms with Crippen molar-refractivity contribution in [1.29, 1.82) is 0 Å². The maximum atomic E-state index is 12.6. The SMILES string of the molecule is COc1cc2c(cc1CC=C(C)C)C(=O)CC(c1ccc(O)cc1)O2. The highest BCUT2D eigenvalue weighted by Gasteiger charge is 2.29. The van der Waals surface area contributed by atoms with Gasteiger partial charge in [0, 0.05) is 6.07 Å². The van der Waals surface area contributed by atoms with E-state index >= 15 is 0 Å². The predicted octanol–water partition coefficient (Wildman–Crippen LogP) is 4.62. The highest BCUT2D eigenvalue weighted by atomic mass is 16.5. The molecule has 0 bridgehead atoms. The molecule has 0 aliphatic carbocycles. The van der Waals surface area contributed by atoms with Gasteiger partial charge in [0.25, 0.3) is 0 Å². The number of phenols is 1. The average Bonchev–Trinajstić information content (AvgIpc) is 2.59. The van der Waals surface area contributed by atoms with Gasteiger partial charge in [0.15, 0.2) is 5.78 Å². The summed E-state index contributed by atoms with van der Waals surface area (Å²) in [7, 11) is 1.62. The molecule has 0 amide bonds. The highest BCUT2D eigenvalue weighted by molar-refractivity contribution is 6.00. The summed E-state index contributed by atoms with van der Waals surface area (Å²) < 4.78 is 11.5. The van der Waals surface area contributed by atoms with Crippen molar-refractivity contribution in [3.05, 3.63) is 64.7 Å². The Hall–Kier alpha value is -2.75. The van der Waals surface area contributed by atoms with E-state index in [9.17, 15) is 9.90 Å². The molecule has 3 rings (SSSR count). The first-order valence-electron chi connectivity index (χ1n) is 8.31. The molecule has 1 atom stereocenters. The average molecular weight is 338 g/mol. The van der Waals surface area contributed by atoms with E-state index < -0.39 is 0 Å². The van der Waals surface area contributed by atoms with Crippen LogP contribution in [0.3, 0.4) is 0 Å². The molecule has 2 aromatic carbocycles. The van der Waals surface area contributed by atoms with Crippen LogP contribution in [0.25, 0.3) is 0 Å². The quantitative estimate of drug-likeness (QED) is 0.827. The fourth-order valence-electron chi connectivity index (χ4n) is 2.93. The van der Waals surface area contributed by atoms with E-state index in [2.05, 4.69) is 6.08 Å². The molecule has 0 aromatic heterocycles. The minimum absolute atomic E-state index is 0.0560. The topological polar surface area (TPSA) is 55.8 Å². The number of allylic oxidation sites excluding steroid dienone is 2. The van der Waals surface area contributed by atoms with E-state index in [4.69, 9.17) is 9.47 Å². The Morgan fingerprint density at radius 2 is 2.00 bits per heavy atom. The number of rotatable bonds is 4. The zero-order chi connectivity index (χ0) is 18.0. The summed E-state index contributed by atoms with van der Waals surface area (Å²) in [6.07, 6.45) is 2.76. The third-order valence-electron chi connectivity index (χ3n) is 4.32. The van der Waals surface area contributed by atoms with Crippen molar-refractivity contribution in [3.8, 4) is 17.2 Å². The van der Waals surface area contributed by atoms with Crippen LogP contribution in [-0.4, -0.2) is 18.0 Å². The Bertz CT molecular complexity index is 815. The lowest BCUT2D eigenvalue weighted by Gasteiger charge is -2.26. The van der Waals surface area contributed by atoms with Gasteiger partial charge < -0.3 is 14.6 Å². The number of hydrogen-bond donors (Lipinski definition) is 1. The number of ketones is 1. The van der Waals surface area contributed by atoms with Gasteiger partial charge in [-0.25, -0.2) is 0 Å². The monoisotopic (exact) mass is 338 g/mol. The third-order valence-corrected chi connectivity index (χ3v) is 4.32. The lowest BCUT2D eigenvalue weighted by molar-refractivity contribution is 0.0849. The summed E-state index contributed by atoms with van der Waals surface area (Å²) in [4.78, 5) is 12.6. The predicted molar refractivity (Wildman–Crippen MR) is 96.6 cm³/mol. The van der Waals surface area contributed by atoms with E-state index in [0.717, 1.165) is 16.9 Å². The van der Waals surface area contributed by atoms with Gasteiger partial charge in [-0.1, -0.05) is 23.8 Å². The van der Waals surface area contributed by atoms with Crippen LogP contribution in [-0.2, 0) is 6.42 Å². The van der Waals surface area contributed by atoms with Crippen molar-refractivity contribution < 1.29 is 19.4 Å². The van der Waals surface area contributed by atoms with E-state index in [1.807, 2.05) is 19.9 Å². The van der Waals surface area contributed by atoms with Crippen molar-refractivity contribution in [2.75, 3.05) is 7.11 Å². The lowest BCUT2D eigenvalue weighted by atomic mass is 9.94. The summed E-state index contributed by atoms with van der Waals surface area (Å²) in [5.74, 6) is 1.51. The minimum Gasteiger partial charge on any atom is -0.508 e. The van der Waals surface area contributed by atoms with Crippen LogP contribution in [0, 0.1) is 0 Å². The number of aromatic hydroxyl groups is 1. The molecule has 1 aliphatic heterocycles. The van der Waals surface area contributed by atoms with E-state index in [1.165, 1.54) is 5.57 Å². The standard InChI is InChI=1S/C21H22O4/c1-13(2)4-5-15-10-17-18(23)11-20(14-6-8-16(22)9-7-14)25-21(17)12-19(15)24-3/h4,6-10,12,20,22H,5,11H2,1-3H3. The Labute approximate surface area is 147 Å². The number of carbonyl (C=O) groups is 1. The molecule has 4 heteroatoms. The number of hydrogen-bond acceptors (Lipinski definition) is 4. The number of carbonyl (C=O) groups excluding carboxylic acids is 1. The Morgan fingerprint density at radius 3 is 2.64 bits per heavy atom. The summed E-state index contributed by atoms with van der Waals surface area (Å²) in [6, 6.07) is 10.4. The Kier molecular flexibility index (Phi) is 4.79. The number of fused-ring (bicyclic) bond motifs is 1. The van der Waals surface area contributed by atoms with Crippen LogP contribution in [0.5, 0.6) is 17.2 Å². The molecule has 0 radical (unpaired) electrons. The van der Waals surface area contributed by atoms with Crippen molar-refractivity contribution in [2.45, 2.75) is 32.8 Å². The maximum absolute atomic E-state index is 12.6. The van der Waals surface area contributed by atoms with Crippen LogP contribution in [0.4, 0.5) is 0 Å². The molecule has 0 saturated heterocycles. The lowest BCUT2D eigenvalue weighted by Crippen LogP contribution is -2.20. The number of methoxy groups -OCH3 is 1. The second kappa shape index (κ2) is 7.01. The largest absolute Gasteiger partial charge is 0.508 e. The van der Waals surface area contributed by atoms with Crippen molar-refractivity contribution in [2.24, 2.45) is 0 Å². The van der Waals surface area contributed by atoms with Gasteiger partial charge in [-0.3, -0.25) is 4.79 Å². The van der Waals surface area contributed by atoms with Crippen LogP contribution in [0.2, 0.25) is 0 Å².